The Bertz CT molecular complexity index is 1190. The maximum atomic E-state index is 12.1. The summed E-state index contributed by atoms with van der Waals surface area (Å²) < 4.78 is 6.41. The number of nitrogens with zero attached hydrogens (tertiary/aromatic N) is 6. The molecular weight excluding hydrogens is 458 g/mol. The number of hydrogen-bond donors (Lipinski definition) is 3. The minimum Gasteiger partial charge on any atom is -0.384 e. The van der Waals surface area contributed by atoms with Gasteiger partial charge in [0.05, 0.1) is 29.0 Å². The molecule has 2 aliphatic rings. The summed E-state index contributed by atoms with van der Waals surface area (Å²) in [6.07, 6.45) is 2.93. The summed E-state index contributed by atoms with van der Waals surface area (Å²) in [7, 11) is 0. The fourth-order valence-electron chi connectivity index (χ4n) is 4.32. The topological polar surface area (TPSA) is 151 Å². The second-order valence-electron chi connectivity index (χ2n) is 8.66. The van der Waals surface area contributed by atoms with Gasteiger partial charge in [-0.25, -0.2) is 19.9 Å². The number of piperidine rings is 1. The standard InChI is InChI=1S/C22H27N7O4S/c1-13(30)20(31)29-4-2-22(32,3-5-29)16-10-15-17(34-16)19(28-6-8-33-9-7-28)27-18(26-15)14-11-24-21(23)25-12-14/h10-13,30,32H,2-9H2,1H3,(H2,23,24,25)/t13-/m0/s1. The number of hydrogen-bond acceptors (Lipinski definition) is 11. The van der Waals surface area contributed by atoms with Crippen molar-refractivity contribution in [2.45, 2.75) is 31.5 Å². The smallest absolute Gasteiger partial charge is 0.251 e. The molecule has 0 aromatic carbocycles. The SMILES string of the molecule is C[C@H](O)C(=O)N1CCC(O)(c2cc3nc(-c4cnc(N)nc4)nc(N4CCOCC4)c3s2)CC1. The fraction of sp³-hybridized carbons (Fsp3) is 0.500. The van der Waals surface area contributed by atoms with E-state index in [9.17, 15) is 15.0 Å². The van der Waals surface area contributed by atoms with Crippen molar-refractivity contribution in [2.24, 2.45) is 0 Å². The number of aliphatic hydroxyl groups is 2. The van der Waals surface area contributed by atoms with Crippen LogP contribution in [-0.4, -0.2) is 86.5 Å². The number of aromatic nitrogens is 4. The maximum Gasteiger partial charge on any atom is 0.251 e. The molecule has 180 valence electrons. The number of aliphatic hydroxyl groups excluding tert-OH is 1. The van der Waals surface area contributed by atoms with Crippen molar-refractivity contribution in [3.05, 3.63) is 23.3 Å². The predicted molar refractivity (Wildman–Crippen MR) is 127 cm³/mol. The van der Waals surface area contributed by atoms with Gasteiger partial charge in [0, 0.05) is 43.4 Å². The van der Waals surface area contributed by atoms with Gasteiger partial charge in [-0.15, -0.1) is 11.3 Å². The molecule has 0 aliphatic carbocycles. The number of nitrogens with two attached hydrogens (primary N) is 1. The Kier molecular flexibility index (Phi) is 6.06. The van der Waals surface area contributed by atoms with Gasteiger partial charge in [0.25, 0.3) is 5.91 Å². The summed E-state index contributed by atoms with van der Waals surface area (Å²) in [6.45, 7) is 4.86. The molecule has 4 N–H and O–H groups in total. The molecule has 0 spiro atoms. The molecule has 11 nitrogen and oxygen atoms in total. The number of rotatable bonds is 4. The van der Waals surface area contributed by atoms with Crippen LogP contribution in [0.15, 0.2) is 18.5 Å². The van der Waals surface area contributed by atoms with Crippen LogP contribution in [0.25, 0.3) is 21.6 Å². The summed E-state index contributed by atoms with van der Waals surface area (Å²) in [5.74, 6) is 1.15. The van der Waals surface area contributed by atoms with E-state index in [1.54, 1.807) is 17.3 Å². The molecule has 5 rings (SSSR count). The van der Waals surface area contributed by atoms with E-state index in [0.717, 1.165) is 20.9 Å². The Morgan fingerprint density at radius 2 is 1.85 bits per heavy atom. The number of anilines is 2. The first-order chi connectivity index (χ1) is 16.3. The second kappa shape index (κ2) is 9.02. The zero-order valence-electron chi connectivity index (χ0n) is 18.8. The summed E-state index contributed by atoms with van der Waals surface area (Å²) in [5.41, 5.74) is 5.95. The number of morpholine rings is 1. The first-order valence-electron chi connectivity index (χ1n) is 11.3. The van der Waals surface area contributed by atoms with Crippen molar-refractivity contribution >= 4 is 39.2 Å². The lowest BCUT2D eigenvalue weighted by molar-refractivity contribution is -0.143. The lowest BCUT2D eigenvalue weighted by Crippen LogP contribution is -2.47. The van der Waals surface area contributed by atoms with E-state index in [1.165, 1.54) is 18.3 Å². The average molecular weight is 486 g/mol. The monoisotopic (exact) mass is 485 g/mol. The molecule has 2 saturated heterocycles. The van der Waals surface area contributed by atoms with E-state index < -0.39 is 11.7 Å². The zero-order chi connectivity index (χ0) is 23.9. The number of nitrogen functional groups attached to an aromatic ring is 1. The summed E-state index contributed by atoms with van der Waals surface area (Å²) in [5, 5.41) is 21.1. The number of amides is 1. The highest BCUT2D eigenvalue weighted by Gasteiger charge is 2.38. The van der Waals surface area contributed by atoms with Gasteiger partial charge < -0.3 is 30.5 Å². The molecule has 34 heavy (non-hydrogen) atoms. The highest BCUT2D eigenvalue weighted by atomic mass is 32.1. The Morgan fingerprint density at radius 1 is 1.18 bits per heavy atom. The third-order valence-corrected chi connectivity index (χ3v) is 7.63. The molecule has 0 radical (unpaired) electrons. The van der Waals surface area contributed by atoms with Crippen LogP contribution < -0.4 is 10.6 Å². The van der Waals surface area contributed by atoms with E-state index in [4.69, 9.17) is 20.4 Å². The minimum absolute atomic E-state index is 0.179. The molecule has 0 bridgehead atoms. The largest absolute Gasteiger partial charge is 0.384 e. The van der Waals surface area contributed by atoms with Crippen LogP contribution in [0.2, 0.25) is 0 Å². The molecule has 12 heteroatoms. The lowest BCUT2D eigenvalue weighted by Gasteiger charge is -2.38. The normalized spacial score (nSPS) is 19.4. The molecule has 1 amide bonds. The van der Waals surface area contributed by atoms with E-state index in [0.29, 0.717) is 63.6 Å². The molecule has 2 aliphatic heterocycles. The Hall–Kier alpha value is -2.93. The second-order valence-corrected chi connectivity index (χ2v) is 9.71. The molecule has 1 atom stereocenters. The molecule has 0 saturated carbocycles. The van der Waals surface area contributed by atoms with Gasteiger partial charge in [0.2, 0.25) is 5.95 Å². The van der Waals surface area contributed by atoms with Crippen molar-refractivity contribution in [1.29, 1.82) is 0 Å². The highest BCUT2D eigenvalue weighted by Crippen LogP contribution is 2.42. The number of thiophene rings is 1. The highest BCUT2D eigenvalue weighted by molar-refractivity contribution is 7.19. The van der Waals surface area contributed by atoms with Crippen LogP contribution in [0.5, 0.6) is 0 Å². The number of carbonyl (C=O) groups excluding carboxylic acids is 1. The maximum absolute atomic E-state index is 12.1. The zero-order valence-corrected chi connectivity index (χ0v) is 19.7. The van der Waals surface area contributed by atoms with E-state index >= 15 is 0 Å². The average Bonchev–Trinajstić information content (AvgIpc) is 3.30. The van der Waals surface area contributed by atoms with Crippen LogP contribution in [-0.2, 0) is 15.1 Å². The van der Waals surface area contributed by atoms with Crippen LogP contribution in [0.3, 0.4) is 0 Å². The van der Waals surface area contributed by atoms with Crippen molar-refractivity contribution in [3.63, 3.8) is 0 Å². The van der Waals surface area contributed by atoms with Gasteiger partial charge in [0.1, 0.15) is 11.7 Å². The van der Waals surface area contributed by atoms with Crippen LogP contribution in [0, 0.1) is 0 Å². The molecule has 2 fully saturated rings. The number of fused-ring (bicyclic) bond motifs is 1. The van der Waals surface area contributed by atoms with Crippen LogP contribution >= 0.6 is 11.3 Å². The van der Waals surface area contributed by atoms with Gasteiger partial charge in [-0.1, -0.05) is 0 Å². The first kappa shape index (κ1) is 22.8. The molecular formula is C22H27N7O4S. The van der Waals surface area contributed by atoms with E-state index in [1.807, 2.05) is 6.07 Å². The Balaban J connectivity index is 1.52. The van der Waals surface area contributed by atoms with Crippen LogP contribution in [0.4, 0.5) is 11.8 Å². The first-order valence-corrected chi connectivity index (χ1v) is 12.1. The van der Waals surface area contributed by atoms with Crippen molar-refractivity contribution in [3.8, 4) is 11.4 Å². The van der Waals surface area contributed by atoms with E-state index in [2.05, 4.69) is 14.9 Å². The summed E-state index contributed by atoms with van der Waals surface area (Å²) in [4.78, 5) is 34.4. The Morgan fingerprint density at radius 3 is 2.50 bits per heavy atom. The summed E-state index contributed by atoms with van der Waals surface area (Å²) >= 11 is 1.48. The molecule has 0 unspecified atom stereocenters. The summed E-state index contributed by atoms with van der Waals surface area (Å²) in [6, 6.07) is 1.92. The van der Waals surface area contributed by atoms with Gasteiger partial charge in [-0.3, -0.25) is 4.79 Å². The molecule has 5 heterocycles. The number of likely N-dealkylation sites (tertiary alicyclic amines) is 1. The lowest BCUT2D eigenvalue weighted by atomic mass is 9.89. The predicted octanol–water partition coefficient (Wildman–Crippen LogP) is 0.758. The van der Waals surface area contributed by atoms with E-state index in [-0.39, 0.29) is 11.9 Å². The number of ether oxygens (including phenoxy) is 1. The van der Waals surface area contributed by atoms with Gasteiger partial charge in [-0.05, 0) is 25.8 Å². The fourth-order valence-corrected chi connectivity index (χ4v) is 5.58. The van der Waals surface area contributed by atoms with Gasteiger partial charge >= 0.3 is 0 Å². The van der Waals surface area contributed by atoms with Crippen LogP contribution in [0.1, 0.15) is 24.6 Å². The number of carbonyl (C=O) groups is 1. The quantitative estimate of drug-likeness (QED) is 0.483. The van der Waals surface area contributed by atoms with Crippen molar-refractivity contribution in [2.75, 3.05) is 50.0 Å². The Labute approximate surface area is 200 Å². The van der Waals surface area contributed by atoms with Crippen molar-refractivity contribution < 1.29 is 19.7 Å². The van der Waals surface area contributed by atoms with Gasteiger partial charge in [0.15, 0.2) is 11.6 Å². The van der Waals surface area contributed by atoms with Crippen molar-refractivity contribution in [1.82, 2.24) is 24.8 Å². The minimum atomic E-state index is -1.08. The third-order valence-electron chi connectivity index (χ3n) is 6.31. The third kappa shape index (κ3) is 4.29. The molecule has 3 aromatic heterocycles. The molecule has 3 aromatic rings. The van der Waals surface area contributed by atoms with Gasteiger partial charge in [-0.2, -0.15) is 0 Å².